The molecule has 0 unspecified atom stereocenters. The molecule has 1 amide bonds. The standard InChI is InChI=1S/C21H30N4O4/c26-20(24-11-13-29-14-12-24)16-3-2-8-25(15-16)17-5-9-23(10-6-17)19-18(21(27)28)4-1-7-22-19/h1,4,7,16-17H,2-3,5-6,8-15H2,(H,27,28)/t16-/m1/s1. The topological polar surface area (TPSA) is 86.2 Å². The van der Waals surface area contributed by atoms with Crippen molar-refractivity contribution in [3.05, 3.63) is 23.9 Å². The Morgan fingerprint density at radius 3 is 2.55 bits per heavy atom. The highest BCUT2D eigenvalue weighted by atomic mass is 16.5. The molecule has 0 spiro atoms. The predicted molar refractivity (Wildman–Crippen MR) is 108 cm³/mol. The normalized spacial score (nSPS) is 24.5. The second-order valence-electron chi connectivity index (χ2n) is 8.17. The summed E-state index contributed by atoms with van der Waals surface area (Å²) in [4.78, 5) is 35.2. The molecule has 3 fully saturated rings. The van der Waals surface area contributed by atoms with Gasteiger partial charge in [-0.1, -0.05) is 0 Å². The molecule has 3 aliphatic heterocycles. The number of anilines is 1. The summed E-state index contributed by atoms with van der Waals surface area (Å²) >= 11 is 0. The van der Waals surface area contributed by atoms with Gasteiger partial charge in [-0.2, -0.15) is 0 Å². The average molecular weight is 402 g/mol. The average Bonchev–Trinajstić information content (AvgIpc) is 2.79. The fourth-order valence-corrected chi connectivity index (χ4v) is 4.84. The summed E-state index contributed by atoms with van der Waals surface area (Å²) in [6.45, 7) is 6.18. The maximum absolute atomic E-state index is 12.9. The van der Waals surface area contributed by atoms with Crippen LogP contribution < -0.4 is 4.90 Å². The molecule has 0 saturated carbocycles. The molecule has 8 heteroatoms. The second-order valence-corrected chi connectivity index (χ2v) is 8.17. The molecular weight excluding hydrogens is 372 g/mol. The van der Waals surface area contributed by atoms with E-state index in [1.807, 2.05) is 4.90 Å². The van der Waals surface area contributed by atoms with Crippen molar-refractivity contribution >= 4 is 17.7 Å². The lowest BCUT2D eigenvalue weighted by Gasteiger charge is -2.43. The molecular formula is C21H30N4O4. The summed E-state index contributed by atoms with van der Waals surface area (Å²) in [5.41, 5.74) is 0.264. The Bertz CT molecular complexity index is 729. The zero-order valence-electron chi connectivity index (χ0n) is 16.8. The van der Waals surface area contributed by atoms with Gasteiger partial charge < -0.3 is 19.6 Å². The molecule has 3 aliphatic rings. The first-order valence-electron chi connectivity index (χ1n) is 10.7. The van der Waals surface area contributed by atoms with Crippen LogP contribution in [-0.4, -0.2) is 90.3 Å². The molecule has 29 heavy (non-hydrogen) atoms. The van der Waals surface area contributed by atoms with Gasteiger partial charge in [-0.15, -0.1) is 0 Å². The van der Waals surface area contributed by atoms with Crippen molar-refractivity contribution in [1.82, 2.24) is 14.8 Å². The zero-order valence-corrected chi connectivity index (χ0v) is 16.8. The number of hydrogen-bond donors (Lipinski definition) is 1. The fourth-order valence-electron chi connectivity index (χ4n) is 4.84. The van der Waals surface area contributed by atoms with Crippen LogP contribution in [0.25, 0.3) is 0 Å². The highest BCUT2D eigenvalue weighted by molar-refractivity contribution is 5.93. The molecule has 1 atom stereocenters. The van der Waals surface area contributed by atoms with Gasteiger partial charge in [0.15, 0.2) is 0 Å². The highest BCUT2D eigenvalue weighted by Gasteiger charge is 2.34. The van der Waals surface area contributed by atoms with E-state index in [-0.39, 0.29) is 17.4 Å². The molecule has 0 radical (unpaired) electrons. The third-order valence-corrected chi connectivity index (χ3v) is 6.42. The quantitative estimate of drug-likeness (QED) is 0.813. The number of ether oxygens (including phenoxy) is 1. The number of morpholine rings is 1. The van der Waals surface area contributed by atoms with Crippen LogP contribution in [0.1, 0.15) is 36.0 Å². The van der Waals surface area contributed by atoms with Gasteiger partial charge in [0.2, 0.25) is 5.91 Å². The van der Waals surface area contributed by atoms with E-state index in [9.17, 15) is 14.7 Å². The van der Waals surface area contributed by atoms with E-state index >= 15 is 0 Å². The van der Waals surface area contributed by atoms with Crippen LogP contribution in [0, 0.1) is 5.92 Å². The van der Waals surface area contributed by atoms with Gasteiger partial charge in [0.25, 0.3) is 0 Å². The Morgan fingerprint density at radius 1 is 1.07 bits per heavy atom. The lowest BCUT2D eigenvalue weighted by Crippen LogP contribution is -2.52. The number of nitrogens with zero attached hydrogens (tertiary/aromatic N) is 4. The summed E-state index contributed by atoms with van der Waals surface area (Å²) < 4.78 is 5.37. The van der Waals surface area contributed by atoms with Crippen LogP contribution in [0.5, 0.6) is 0 Å². The van der Waals surface area contributed by atoms with Gasteiger partial charge in [0, 0.05) is 45.0 Å². The van der Waals surface area contributed by atoms with E-state index in [4.69, 9.17) is 4.74 Å². The largest absolute Gasteiger partial charge is 0.478 e. The lowest BCUT2D eigenvalue weighted by atomic mass is 9.92. The fraction of sp³-hybridized carbons (Fsp3) is 0.667. The Hall–Kier alpha value is -2.19. The van der Waals surface area contributed by atoms with Crippen LogP contribution in [0.4, 0.5) is 5.82 Å². The first-order chi connectivity index (χ1) is 14.1. The number of rotatable bonds is 4. The molecule has 4 heterocycles. The van der Waals surface area contributed by atoms with Crippen LogP contribution in [-0.2, 0) is 9.53 Å². The minimum Gasteiger partial charge on any atom is -0.478 e. The highest BCUT2D eigenvalue weighted by Crippen LogP contribution is 2.28. The van der Waals surface area contributed by atoms with Gasteiger partial charge in [-0.05, 0) is 44.4 Å². The van der Waals surface area contributed by atoms with Gasteiger partial charge in [0.05, 0.1) is 19.1 Å². The van der Waals surface area contributed by atoms with Crippen LogP contribution in [0.3, 0.4) is 0 Å². The van der Waals surface area contributed by atoms with Crippen molar-refractivity contribution in [3.63, 3.8) is 0 Å². The van der Waals surface area contributed by atoms with E-state index in [1.54, 1.807) is 18.3 Å². The first kappa shape index (κ1) is 20.1. The SMILES string of the molecule is O=C(O)c1cccnc1N1CCC(N2CCC[C@@H](C(=O)N3CCOCC3)C2)CC1. The Labute approximate surface area is 171 Å². The number of carbonyl (C=O) groups excluding carboxylic acids is 1. The van der Waals surface area contributed by atoms with Crippen LogP contribution >= 0.6 is 0 Å². The molecule has 4 rings (SSSR count). The van der Waals surface area contributed by atoms with Crippen molar-refractivity contribution in [2.75, 3.05) is 57.4 Å². The molecule has 0 aromatic carbocycles. The van der Waals surface area contributed by atoms with Crippen molar-refractivity contribution in [1.29, 1.82) is 0 Å². The number of hydrogen-bond acceptors (Lipinski definition) is 6. The molecule has 1 aromatic heterocycles. The van der Waals surface area contributed by atoms with E-state index in [0.717, 1.165) is 51.9 Å². The number of likely N-dealkylation sites (tertiary alicyclic amines) is 1. The number of amides is 1. The molecule has 0 bridgehead atoms. The summed E-state index contributed by atoms with van der Waals surface area (Å²) in [5.74, 6) is 0.0116. The number of carbonyl (C=O) groups is 2. The summed E-state index contributed by atoms with van der Waals surface area (Å²) in [6, 6.07) is 3.73. The van der Waals surface area contributed by atoms with E-state index in [0.29, 0.717) is 38.2 Å². The molecule has 0 aliphatic carbocycles. The van der Waals surface area contributed by atoms with E-state index < -0.39 is 5.97 Å². The maximum atomic E-state index is 12.9. The second kappa shape index (κ2) is 9.09. The monoisotopic (exact) mass is 402 g/mol. The maximum Gasteiger partial charge on any atom is 0.339 e. The Morgan fingerprint density at radius 2 is 1.83 bits per heavy atom. The van der Waals surface area contributed by atoms with Crippen molar-refractivity contribution in [2.24, 2.45) is 5.92 Å². The number of carboxylic acid groups (broad SMARTS) is 1. The third kappa shape index (κ3) is 4.53. The third-order valence-electron chi connectivity index (χ3n) is 6.42. The smallest absolute Gasteiger partial charge is 0.339 e. The van der Waals surface area contributed by atoms with Crippen LogP contribution in [0.15, 0.2) is 18.3 Å². The Kier molecular flexibility index (Phi) is 6.30. The molecule has 8 nitrogen and oxygen atoms in total. The van der Waals surface area contributed by atoms with E-state index in [1.165, 1.54) is 0 Å². The molecule has 1 N–H and O–H groups in total. The molecule has 158 valence electrons. The number of carboxylic acids is 1. The summed E-state index contributed by atoms with van der Waals surface area (Å²) in [5, 5.41) is 9.42. The minimum absolute atomic E-state index is 0.0919. The Balaban J connectivity index is 1.34. The van der Waals surface area contributed by atoms with Gasteiger partial charge in [-0.25, -0.2) is 9.78 Å². The molecule has 3 saturated heterocycles. The van der Waals surface area contributed by atoms with Gasteiger partial charge in [-0.3, -0.25) is 9.69 Å². The van der Waals surface area contributed by atoms with Gasteiger partial charge >= 0.3 is 5.97 Å². The number of aromatic carboxylic acids is 1. The zero-order chi connectivity index (χ0) is 20.2. The van der Waals surface area contributed by atoms with Gasteiger partial charge in [0.1, 0.15) is 11.4 Å². The first-order valence-corrected chi connectivity index (χ1v) is 10.7. The van der Waals surface area contributed by atoms with Crippen molar-refractivity contribution < 1.29 is 19.4 Å². The summed E-state index contributed by atoms with van der Waals surface area (Å²) in [6.07, 6.45) is 5.62. The van der Waals surface area contributed by atoms with Crippen molar-refractivity contribution in [3.8, 4) is 0 Å². The number of piperidine rings is 2. The van der Waals surface area contributed by atoms with Crippen LogP contribution in [0.2, 0.25) is 0 Å². The van der Waals surface area contributed by atoms with Crippen molar-refractivity contribution in [2.45, 2.75) is 31.7 Å². The number of aromatic nitrogens is 1. The van der Waals surface area contributed by atoms with E-state index in [2.05, 4.69) is 14.8 Å². The number of pyridine rings is 1. The molecule has 1 aromatic rings. The lowest BCUT2D eigenvalue weighted by molar-refractivity contribution is -0.141. The predicted octanol–water partition coefficient (Wildman–Crippen LogP) is 1.32. The minimum atomic E-state index is -0.935. The summed E-state index contributed by atoms with van der Waals surface area (Å²) in [7, 11) is 0.